The van der Waals surface area contributed by atoms with Gasteiger partial charge in [-0.3, -0.25) is 8.97 Å². The normalized spacial score (nSPS) is 11.3. The van der Waals surface area contributed by atoms with Crippen LogP contribution < -0.4 is 0 Å². The number of hydrogen-bond donors (Lipinski definition) is 0. The zero-order chi connectivity index (χ0) is 35.8. The van der Waals surface area contributed by atoms with Crippen molar-refractivity contribution in [1.29, 1.82) is 0 Å². The number of benzene rings is 7. The fourth-order valence-electron chi connectivity index (χ4n) is 7.55. The molecular weight excluding hydrogens is 657 g/mol. The van der Waals surface area contributed by atoms with Gasteiger partial charge in [-0.25, -0.2) is 9.97 Å². The Labute approximate surface area is 313 Å². The predicted molar refractivity (Wildman–Crippen MR) is 222 cm³/mol. The molecule has 0 saturated heterocycles. The minimum absolute atomic E-state index is 0.922. The van der Waals surface area contributed by atoms with E-state index in [9.17, 15) is 0 Å². The fraction of sp³-hybridized carbons (Fsp3) is 0. The Bertz CT molecular complexity index is 2910. The second-order valence-corrected chi connectivity index (χ2v) is 13.5. The summed E-state index contributed by atoms with van der Waals surface area (Å²) in [4.78, 5) is 10.3. The summed E-state index contributed by atoms with van der Waals surface area (Å²) in [5.41, 5.74) is 16.2. The SMILES string of the molecule is c1ccc(-c2cc(-c3cccc(-c4c(-c5ccccc5)nc5ccccn45)c3)cc(-c3ccc4nc(-c5ccccc5)n(-c5ccccc5)c4c3)c2)cc1. The first-order valence-corrected chi connectivity index (χ1v) is 18.2. The van der Waals surface area contributed by atoms with Gasteiger partial charge in [0.05, 0.1) is 22.4 Å². The third-order valence-electron chi connectivity index (χ3n) is 10.1. The molecule has 0 bridgehead atoms. The molecule has 4 heteroatoms. The number of fused-ring (bicyclic) bond motifs is 2. The fourth-order valence-corrected chi connectivity index (χ4v) is 7.55. The summed E-state index contributed by atoms with van der Waals surface area (Å²) in [7, 11) is 0. The largest absolute Gasteiger partial charge is 0.299 e. The molecule has 4 nitrogen and oxygen atoms in total. The summed E-state index contributed by atoms with van der Waals surface area (Å²) in [5, 5.41) is 0. The highest BCUT2D eigenvalue weighted by atomic mass is 15.1. The zero-order valence-corrected chi connectivity index (χ0v) is 29.4. The van der Waals surface area contributed by atoms with Crippen LogP contribution in [0.3, 0.4) is 0 Å². The van der Waals surface area contributed by atoms with Crippen LogP contribution >= 0.6 is 0 Å². The summed E-state index contributed by atoms with van der Waals surface area (Å²) in [5.74, 6) is 0.923. The van der Waals surface area contributed by atoms with Crippen LogP contribution in [-0.4, -0.2) is 18.9 Å². The summed E-state index contributed by atoms with van der Waals surface area (Å²) in [6, 6.07) is 70.7. The van der Waals surface area contributed by atoms with Gasteiger partial charge in [0.25, 0.3) is 0 Å². The van der Waals surface area contributed by atoms with E-state index in [4.69, 9.17) is 9.97 Å². The van der Waals surface area contributed by atoms with Gasteiger partial charge in [0.2, 0.25) is 0 Å². The summed E-state index contributed by atoms with van der Waals surface area (Å²) < 4.78 is 4.47. The molecular formula is C50H34N4. The molecule has 10 aromatic rings. The first-order chi connectivity index (χ1) is 26.8. The van der Waals surface area contributed by atoms with Gasteiger partial charge in [-0.05, 0) is 94.0 Å². The Morgan fingerprint density at radius 2 is 0.889 bits per heavy atom. The predicted octanol–water partition coefficient (Wildman–Crippen LogP) is 12.7. The molecule has 54 heavy (non-hydrogen) atoms. The highest BCUT2D eigenvalue weighted by molar-refractivity contribution is 5.90. The van der Waals surface area contributed by atoms with Gasteiger partial charge >= 0.3 is 0 Å². The van der Waals surface area contributed by atoms with Crippen molar-refractivity contribution >= 4 is 16.7 Å². The van der Waals surface area contributed by atoms with Crippen LogP contribution in [0.25, 0.3) is 89.7 Å². The van der Waals surface area contributed by atoms with E-state index in [2.05, 4.69) is 197 Å². The van der Waals surface area contributed by atoms with Crippen LogP contribution in [0.4, 0.5) is 0 Å². The first-order valence-electron chi connectivity index (χ1n) is 18.2. The number of para-hydroxylation sites is 1. The molecule has 0 radical (unpaired) electrons. The Balaban J connectivity index is 1.15. The van der Waals surface area contributed by atoms with Gasteiger partial charge < -0.3 is 0 Å². The minimum atomic E-state index is 0.922. The Morgan fingerprint density at radius 3 is 1.59 bits per heavy atom. The van der Waals surface area contributed by atoms with Gasteiger partial charge in [-0.1, -0.05) is 140 Å². The number of rotatable bonds is 7. The first kappa shape index (κ1) is 31.4. The van der Waals surface area contributed by atoms with Crippen molar-refractivity contribution in [3.63, 3.8) is 0 Å². The van der Waals surface area contributed by atoms with Crippen molar-refractivity contribution in [2.24, 2.45) is 0 Å². The monoisotopic (exact) mass is 690 g/mol. The topological polar surface area (TPSA) is 35.1 Å². The quantitative estimate of drug-likeness (QED) is 0.167. The van der Waals surface area contributed by atoms with E-state index in [-0.39, 0.29) is 0 Å². The highest BCUT2D eigenvalue weighted by Gasteiger charge is 2.18. The van der Waals surface area contributed by atoms with Crippen molar-refractivity contribution < 1.29 is 0 Å². The van der Waals surface area contributed by atoms with E-state index in [1.54, 1.807) is 0 Å². The zero-order valence-electron chi connectivity index (χ0n) is 29.4. The van der Waals surface area contributed by atoms with Gasteiger partial charge in [0.1, 0.15) is 11.5 Å². The minimum Gasteiger partial charge on any atom is -0.299 e. The summed E-state index contributed by atoms with van der Waals surface area (Å²) >= 11 is 0. The van der Waals surface area contributed by atoms with Gasteiger partial charge in [-0.2, -0.15) is 0 Å². The number of imidazole rings is 2. The summed E-state index contributed by atoms with van der Waals surface area (Å²) in [6.07, 6.45) is 2.10. The van der Waals surface area contributed by atoms with Crippen molar-refractivity contribution in [2.45, 2.75) is 0 Å². The molecule has 0 amide bonds. The molecule has 0 spiro atoms. The van der Waals surface area contributed by atoms with Crippen LogP contribution in [0, 0.1) is 0 Å². The number of aromatic nitrogens is 4. The summed E-state index contributed by atoms with van der Waals surface area (Å²) in [6.45, 7) is 0. The van der Waals surface area contributed by atoms with Crippen molar-refractivity contribution in [3.05, 3.63) is 206 Å². The Hall–Kier alpha value is -7.30. The highest BCUT2D eigenvalue weighted by Crippen LogP contribution is 2.39. The Morgan fingerprint density at radius 1 is 0.352 bits per heavy atom. The lowest BCUT2D eigenvalue weighted by atomic mass is 9.92. The lowest BCUT2D eigenvalue weighted by Gasteiger charge is -2.14. The van der Waals surface area contributed by atoms with Crippen molar-refractivity contribution in [3.8, 4) is 73.0 Å². The van der Waals surface area contributed by atoms with Crippen LogP contribution in [0.5, 0.6) is 0 Å². The van der Waals surface area contributed by atoms with Crippen molar-refractivity contribution in [2.75, 3.05) is 0 Å². The lowest BCUT2D eigenvalue weighted by Crippen LogP contribution is -1.97. The average Bonchev–Trinajstić information content (AvgIpc) is 3.84. The second kappa shape index (κ2) is 13.4. The molecule has 0 N–H and O–H groups in total. The molecule has 0 aliphatic rings. The van der Waals surface area contributed by atoms with E-state index < -0.39 is 0 Å². The smallest absolute Gasteiger partial charge is 0.145 e. The maximum absolute atomic E-state index is 5.16. The molecule has 3 aromatic heterocycles. The lowest BCUT2D eigenvalue weighted by molar-refractivity contribution is 1.10. The third-order valence-corrected chi connectivity index (χ3v) is 10.1. The van der Waals surface area contributed by atoms with E-state index in [0.29, 0.717) is 0 Å². The standard InChI is InChI=1S/C50H34N4/c1-5-16-35(17-6-1)41-31-42(38-22-15-23-40(30-38)49-48(36-18-7-2-8-19-36)52-47-26-13-14-29-53(47)49)33-43(32-41)39-27-28-45-46(34-39)54(44-24-11-4-12-25-44)50(51-45)37-20-9-3-10-21-37/h1-34H. The maximum Gasteiger partial charge on any atom is 0.145 e. The van der Waals surface area contributed by atoms with Crippen LogP contribution in [0.1, 0.15) is 0 Å². The molecule has 0 fully saturated rings. The van der Waals surface area contributed by atoms with Crippen LogP contribution in [-0.2, 0) is 0 Å². The molecule has 3 heterocycles. The molecule has 0 saturated carbocycles. The molecule has 7 aromatic carbocycles. The number of pyridine rings is 1. The molecule has 0 unspecified atom stereocenters. The second-order valence-electron chi connectivity index (χ2n) is 13.5. The Kier molecular flexibility index (Phi) is 7.77. The molecule has 0 atom stereocenters. The van der Waals surface area contributed by atoms with Gasteiger partial charge in [-0.15, -0.1) is 0 Å². The van der Waals surface area contributed by atoms with Gasteiger partial charge in [0.15, 0.2) is 0 Å². The average molecular weight is 691 g/mol. The molecule has 0 aliphatic heterocycles. The van der Waals surface area contributed by atoms with Crippen LogP contribution in [0.15, 0.2) is 206 Å². The maximum atomic E-state index is 5.16. The molecule has 254 valence electrons. The van der Waals surface area contributed by atoms with E-state index in [1.165, 1.54) is 5.56 Å². The van der Waals surface area contributed by atoms with E-state index in [0.717, 1.165) is 84.1 Å². The van der Waals surface area contributed by atoms with Crippen LogP contribution in [0.2, 0.25) is 0 Å². The number of hydrogen-bond acceptors (Lipinski definition) is 2. The van der Waals surface area contributed by atoms with E-state index >= 15 is 0 Å². The van der Waals surface area contributed by atoms with E-state index in [1.807, 2.05) is 18.2 Å². The third kappa shape index (κ3) is 5.67. The van der Waals surface area contributed by atoms with Crippen molar-refractivity contribution in [1.82, 2.24) is 18.9 Å². The van der Waals surface area contributed by atoms with Gasteiger partial charge in [0, 0.05) is 28.6 Å². The number of nitrogens with zero attached hydrogens (tertiary/aromatic N) is 4. The molecule has 10 rings (SSSR count). The molecule has 0 aliphatic carbocycles.